The lowest BCUT2D eigenvalue weighted by Gasteiger charge is -2.30. The van der Waals surface area contributed by atoms with E-state index in [-0.39, 0.29) is 4.90 Å². The Hall–Kier alpha value is -1.24. The number of hydrogen-bond acceptors (Lipinski definition) is 9. The number of carboxylic acid groups (broad SMARTS) is 1. The van der Waals surface area contributed by atoms with Gasteiger partial charge in [0.15, 0.2) is 6.10 Å². The molecule has 128 valence electrons. The largest absolute Gasteiger partial charge is 0.480 e. The van der Waals surface area contributed by atoms with Gasteiger partial charge in [0.05, 0.1) is 6.61 Å². The maximum Gasteiger partial charge on any atom is 0.327 e. The smallest absolute Gasteiger partial charge is 0.327 e. The van der Waals surface area contributed by atoms with Crippen LogP contribution in [0.2, 0.25) is 0 Å². The summed E-state index contributed by atoms with van der Waals surface area (Å²) in [5.74, 6) is -4.50. The molecule has 0 spiro atoms. The number of aliphatic carboxylic acids is 1. The van der Waals surface area contributed by atoms with Gasteiger partial charge >= 0.3 is 5.97 Å². The summed E-state index contributed by atoms with van der Waals surface area (Å²) in [5, 5.41) is 55.4. The highest BCUT2D eigenvalue weighted by atomic mass is 32.1. The molecule has 6 N–H and O–H groups in total. The monoisotopic (exact) mass is 341 g/mol. The van der Waals surface area contributed by atoms with Crippen molar-refractivity contribution in [2.24, 2.45) is 0 Å². The maximum atomic E-state index is 12.0. The number of amides is 2. The zero-order valence-corrected chi connectivity index (χ0v) is 12.5. The zero-order valence-electron chi connectivity index (χ0n) is 11.6. The fourth-order valence-corrected chi connectivity index (χ4v) is 1.93. The molecule has 0 aromatic rings. The molecular formula is C11H19NO9S. The van der Waals surface area contributed by atoms with Gasteiger partial charge in [-0.1, -0.05) is 0 Å². The normalized spacial score (nSPS) is 18.0. The predicted molar refractivity (Wildman–Crippen MR) is 73.9 cm³/mol. The number of carbonyl (C=O) groups excluding carboxylic acids is 2. The fraction of sp³-hybridized carbons (Fsp3) is 0.727. The fourth-order valence-electron chi connectivity index (χ4n) is 1.61. The Balaban J connectivity index is 5.31. The van der Waals surface area contributed by atoms with Crippen LogP contribution in [-0.4, -0.2) is 96.1 Å². The van der Waals surface area contributed by atoms with Gasteiger partial charge in [0.2, 0.25) is 5.91 Å². The first-order chi connectivity index (χ1) is 10.1. The Bertz CT molecular complexity index is 418. The van der Waals surface area contributed by atoms with Crippen molar-refractivity contribution in [1.29, 1.82) is 0 Å². The molecule has 22 heavy (non-hydrogen) atoms. The molecule has 10 nitrogen and oxygen atoms in total. The highest BCUT2D eigenvalue weighted by molar-refractivity contribution is 7.80. The van der Waals surface area contributed by atoms with Crippen molar-refractivity contribution in [3.05, 3.63) is 0 Å². The Labute approximate surface area is 131 Å². The van der Waals surface area contributed by atoms with Crippen LogP contribution in [0.15, 0.2) is 0 Å². The molecule has 0 bridgehead atoms. The minimum atomic E-state index is -2.39. The molecule has 0 aromatic heterocycles. The van der Waals surface area contributed by atoms with Gasteiger partial charge in [-0.15, -0.1) is 0 Å². The first-order valence-electron chi connectivity index (χ1n) is 6.10. The summed E-state index contributed by atoms with van der Waals surface area (Å²) in [6.45, 7) is -0.0840. The second kappa shape index (κ2) is 9.02. The van der Waals surface area contributed by atoms with E-state index in [0.717, 1.165) is 6.92 Å². The first-order valence-corrected chi connectivity index (χ1v) is 6.73. The number of carbonyl (C=O) groups is 3. The van der Waals surface area contributed by atoms with Crippen LogP contribution in [0.3, 0.4) is 0 Å². The summed E-state index contributed by atoms with van der Waals surface area (Å²) in [4.78, 5) is 34.6. The van der Waals surface area contributed by atoms with Gasteiger partial charge in [0.1, 0.15) is 24.4 Å². The van der Waals surface area contributed by atoms with Gasteiger partial charge in [0.25, 0.3) is 5.91 Å². The van der Waals surface area contributed by atoms with Crippen molar-refractivity contribution in [3.8, 4) is 0 Å². The van der Waals surface area contributed by atoms with Gasteiger partial charge in [-0.2, -0.15) is 12.6 Å². The number of nitrogens with zero attached hydrogens (tertiary/aromatic N) is 1. The molecule has 0 saturated carbocycles. The summed E-state index contributed by atoms with van der Waals surface area (Å²) in [7, 11) is 0. The molecule has 0 heterocycles. The van der Waals surface area contributed by atoms with Crippen LogP contribution in [-0.2, 0) is 14.4 Å². The van der Waals surface area contributed by atoms with Crippen LogP contribution >= 0.6 is 12.6 Å². The van der Waals surface area contributed by atoms with Crippen LogP contribution in [0.4, 0.5) is 0 Å². The molecule has 0 aromatic carbocycles. The van der Waals surface area contributed by atoms with Crippen LogP contribution in [0.1, 0.15) is 6.92 Å². The quantitative estimate of drug-likeness (QED) is 0.218. The van der Waals surface area contributed by atoms with E-state index >= 15 is 0 Å². The summed E-state index contributed by atoms with van der Waals surface area (Å²) in [6.07, 6.45) is -8.56. The third-order valence-electron chi connectivity index (χ3n) is 2.85. The number of aliphatic hydroxyl groups excluding tert-OH is 5. The van der Waals surface area contributed by atoms with Crippen LogP contribution < -0.4 is 0 Å². The minimum Gasteiger partial charge on any atom is -0.480 e. The highest BCUT2D eigenvalue weighted by Crippen LogP contribution is 2.12. The molecule has 0 radical (unpaired) electrons. The van der Waals surface area contributed by atoms with Crippen LogP contribution in [0.5, 0.6) is 0 Å². The van der Waals surface area contributed by atoms with Gasteiger partial charge in [0, 0.05) is 12.7 Å². The Morgan fingerprint density at radius 3 is 1.91 bits per heavy atom. The SMILES string of the molecule is CC(=O)N(C(=O)[C@H](O)[C@@H](O)[C@H](O)[C@H](O)CO)[C@@H](CS)C(=O)O. The standard InChI is InChI=1S/C11H19NO9S/c1-4(14)12(5(3-22)11(20)21)10(19)9(18)8(17)7(16)6(15)2-13/h5-9,13,15-18,22H,2-3H2,1H3,(H,20,21)/t5-,6+,7+,8-,9+/m0/s1. The second-order valence-corrected chi connectivity index (χ2v) is 4.80. The minimum absolute atomic E-state index is 0.182. The molecule has 5 atom stereocenters. The summed E-state index contributed by atoms with van der Waals surface area (Å²) < 4.78 is 0. The maximum absolute atomic E-state index is 12.0. The van der Waals surface area contributed by atoms with Crippen molar-refractivity contribution in [3.63, 3.8) is 0 Å². The third-order valence-corrected chi connectivity index (χ3v) is 3.20. The Kier molecular flexibility index (Phi) is 8.52. The van der Waals surface area contributed by atoms with E-state index in [2.05, 4.69) is 12.6 Å². The molecule has 0 aliphatic rings. The summed E-state index contributed by atoms with van der Waals surface area (Å²) in [6, 6.07) is -1.69. The molecule has 11 heteroatoms. The lowest BCUT2D eigenvalue weighted by Crippen LogP contribution is -2.57. The molecule has 0 saturated heterocycles. The van der Waals surface area contributed by atoms with E-state index < -0.39 is 60.6 Å². The zero-order chi connectivity index (χ0) is 17.6. The van der Waals surface area contributed by atoms with E-state index in [4.69, 9.17) is 15.3 Å². The lowest BCUT2D eigenvalue weighted by molar-refractivity contribution is -0.169. The number of thiol groups is 1. The topological polar surface area (TPSA) is 176 Å². The van der Waals surface area contributed by atoms with Crippen LogP contribution in [0.25, 0.3) is 0 Å². The lowest BCUT2D eigenvalue weighted by atomic mass is 10.0. The van der Waals surface area contributed by atoms with Gasteiger partial charge in [-0.3, -0.25) is 14.5 Å². The molecular weight excluding hydrogens is 322 g/mol. The molecule has 2 amide bonds. The molecule has 0 rings (SSSR count). The molecule has 0 unspecified atom stereocenters. The van der Waals surface area contributed by atoms with Gasteiger partial charge in [-0.05, 0) is 0 Å². The predicted octanol–water partition coefficient (Wildman–Crippen LogP) is -3.82. The number of carboxylic acids is 1. The first kappa shape index (κ1) is 20.8. The third kappa shape index (κ3) is 4.90. The van der Waals surface area contributed by atoms with Gasteiger partial charge < -0.3 is 30.6 Å². The number of aliphatic hydroxyl groups is 5. The van der Waals surface area contributed by atoms with Crippen molar-refractivity contribution in [2.45, 2.75) is 37.4 Å². The Morgan fingerprint density at radius 2 is 1.59 bits per heavy atom. The Morgan fingerprint density at radius 1 is 1.09 bits per heavy atom. The van der Waals surface area contributed by atoms with Crippen molar-refractivity contribution < 1.29 is 45.0 Å². The average molecular weight is 341 g/mol. The molecule has 0 aliphatic heterocycles. The van der Waals surface area contributed by atoms with Crippen molar-refractivity contribution in [2.75, 3.05) is 12.4 Å². The second-order valence-electron chi connectivity index (χ2n) is 4.44. The number of hydrogen-bond donors (Lipinski definition) is 7. The average Bonchev–Trinajstić information content (AvgIpc) is 2.47. The van der Waals surface area contributed by atoms with E-state index in [1.807, 2.05) is 0 Å². The van der Waals surface area contributed by atoms with E-state index in [1.165, 1.54) is 0 Å². The number of imide groups is 1. The summed E-state index contributed by atoms with van der Waals surface area (Å²) >= 11 is 3.70. The van der Waals surface area contributed by atoms with Crippen molar-refractivity contribution >= 4 is 30.4 Å². The number of rotatable bonds is 8. The summed E-state index contributed by atoms with van der Waals surface area (Å²) in [5.41, 5.74) is 0. The van der Waals surface area contributed by atoms with E-state index in [0.29, 0.717) is 0 Å². The van der Waals surface area contributed by atoms with E-state index in [1.54, 1.807) is 0 Å². The van der Waals surface area contributed by atoms with Gasteiger partial charge in [-0.25, -0.2) is 4.79 Å². The van der Waals surface area contributed by atoms with E-state index in [9.17, 15) is 29.7 Å². The molecule has 0 fully saturated rings. The van der Waals surface area contributed by atoms with Crippen LogP contribution in [0, 0.1) is 0 Å². The molecule has 0 aliphatic carbocycles. The van der Waals surface area contributed by atoms with Crippen molar-refractivity contribution in [1.82, 2.24) is 4.90 Å². The highest BCUT2D eigenvalue weighted by Gasteiger charge is 2.41.